The molecule has 0 aromatic heterocycles. The van der Waals surface area contributed by atoms with E-state index in [0.717, 1.165) is 5.69 Å². The van der Waals surface area contributed by atoms with Crippen LogP contribution in [-0.4, -0.2) is 56.5 Å². The minimum atomic E-state index is -0.527. The first-order valence-corrected chi connectivity index (χ1v) is 7.90. The van der Waals surface area contributed by atoms with Crippen LogP contribution in [0.2, 0.25) is 0 Å². The Kier molecular flexibility index (Phi) is 5.78. The number of ether oxygens (including phenoxy) is 1. The fourth-order valence-corrected chi connectivity index (χ4v) is 2.61. The van der Waals surface area contributed by atoms with Gasteiger partial charge in [-0.2, -0.15) is 0 Å². The number of amides is 2. The average molecular weight is 333 g/mol. The molecule has 0 unspecified atom stereocenters. The van der Waals surface area contributed by atoms with Crippen LogP contribution in [0.3, 0.4) is 0 Å². The summed E-state index contributed by atoms with van der Waals surface area (Å²) >= 11 is 0. The highest BCUT2D eigenvalue weighted by molar-refractivity contribution is 5.91. The Hall–Kier alpha value is -2.57. The number of hydrogen-bond donors (Lipinski definition) is 1. The van der Waals surface area contributed by atoms with E-state index in [1.54, 1.807) is 17.0 Å². The maximum absolute atomic E-state index is 12.1. The SMILES string of the molecule is CN(C)c1ccc(C(=O)OCC(=O)N2CCC(C(N)=O)CC2)cc1. The lowest BCUT2D eigenvalue weighted by molar-refractivity contribution is -0.137. The number of carbonyl (C=O) groups is 3. The van der Waals surface area contributed by atoms with Crippen molar-refractivity contribution in [3.8, 4) is 0 Å². The average Bonchev–Trinajstić information content (AvgIpc) is 2.59. The van der Waals surface area contributed by atoms with Gasteiger partial charge in [-0.1, -0.05) is 0 Å². The van der Waals surface area contributed by atoms with Crippen molar-refractivity contribution in [2.75, 3.05) is 38.7 Å². The summed E-state index contributed by atoms with van der Waals surface area (Å²) in [7, 11) is 3.82. The molecule has 2 N–H and O–H groups in total. The van der Waals surface area contributed by atoms with Gasteiger partial charge in [0.15, 0.2) is 6.61 Å². The van der Waals surface area contributed by atoms with Crippen LogP contribution in [0.25, 0.3) is 0 Å². The van der Waals surface area contributed by atoms with Gasteiger partial charge in [-0.15, -0.1) is 0 Å². The molecule has 1 aliphatic heterocycles. The Labute approximate surface area is 141 Å². The Bertz CT molecular complexity index is 605. The summed E-state index contributed by atoms with van der Waals surface area (Å²) in [6, 6.07) is 6.96. The predicted octanol–water partition coefficient (Wildman–Crippen LogP) is 0.633. The molecule has 7 heteroatoms. The van der Waals surface area contributed by atoms with Crippen molar-refractivity contribution in [2.24, 2.45) is 11.7 Å². The summed E-state index contributed by atoms with van der Waals surface area (Å²) in [4.78, 5) is 38.7. The Morgan fingerprint density at radius 3 is 2.25 bits per heavy atom. The van der Waals surface area contributed by atoms with Gasteiger partial charge in [0.1, 0.15) is 0 Å². The molecule has 1 heterocycles. The maximum Gasteiger partial charge on any atom is 0.338 e. The van der Waals surface area contributed by atoms with Gasteiger partial charge in [-0.05, 0) is 37.1 Å². The predicted molar refractivity (Wildman–Crippen MR) is 89.5 cm³/mol. The van der Waals surface area contributed by atoms with E-state index in [4.69, 9.17) is 10.5 Å². The molecule has 1 aliphatic rings. The fraction of sp³-hybridized carbons (Fsp3) is 0.471. The van der Waals surface area contributed by atoms with E-state index >= 15 is 0 Å². The van der Waals surface area contributed by atoms with E-state index in [9.17, 15) is 14.4 Å². The largest absolute Gasteiger partial charge is 0.452 e. The van der Waals surface area contributed by atoms with Crippen molar-refractivity contribution in [3.63, 3.8) is 0 Å². The highest BCUT2D eigenvalue weighted by Crippen LogP contribution is 2.17. The molecule has 130 valence electrons. The third-order valence-corrected chi connectivity index (χ3v) is 4.20. The van der Waals surface area contributed by atoms with Crippen LogP contribution >= 0.6 is 0 Å². The summed E-state index contributed by atoms with van der Waals surface area (Å²) in [5.41, 5.74) is 6.64. The number of piperidine rings is 1. The van der Waals surface area contributed by atoms with Crippen LogP contribution in [0.5, 0.6) is 0 Å². The molecule has 1 fully saturated rings. The van der Waals surface area contributed by atoms with E-state index in [1.165, 1.54) is 0 Å². The molecule has 7 nitrogen and oxygen atoms in total. The molecule has 24 heavy (non-hydrogen) atoms. The van der Waals surface area contributed by atoms with Crippen LogP contribution in [0.1, 0.15) is 23.2 Å². The monoisotopic (exact) mass is 333 g/mol. The maximum atomic E-state index is 12.1. The Balaban J connectivity index is 1.81. The number of benzene rings is 1. The number of anilines is 1. The quantitative estimate of drug-likeness (QED) is 0.798. The number of hydrogen-bond acceptors (Lipinski definition) is 5. The minimum absolute atomic E-state index is 0.174. The molecule has 0 aliphatic carbocycles. The zero-order valence-electron chi connectivity index (χ0n) is 14.0. The smallest absolute Gasteiger partial charge is 0.338 e. The van der Waals surface area contributed by atoms with Crippen molar-refractivity contribution >= 4 is 23.5 Å². The zero-order chi connectivity index (χ0) is 17.7. The molecule has 0 saturated carbocycles. The molecule has 0 bridgehead atoms. The first-order chi connectivity index (χ1) is 11.4. The van der Waals surface area contributed by atoms with Crippen LogP contribution < -0.4 is 10.6 Å². The van der Waals surface area contributed by atoms with Crippen molar-refractivity contribution in [3.05, 3.63) is 29.8 Å². The van der Waals surface area contributed by atoms with Gasteiger partial charge in [0.25, 0.3) is 5.91 Å². The van der Waals surface area contributed by atoms with E-state index in [2.05, 4.69) is 0 Å². The first-order valence-electron chi connectivity index (χ1n) is 7.90. The van der Waals surface area contributed by atoms with Crippen LogP contribution in [0.15, 0.2) is 24.3 Å². The van der Waals surface area contributed by atoms with Gasteiger partial charge < -0.3 is 20.3 Å². The fourth-order valence-electron chi connectivity index (χ4n) is 2.61. The second kappa shape index (κ2) is 7.81. The van der Waals surface area contributed by atoms with Crippen LogP contribution in [0, 0.1) is 5.92 Å². The molecule has 0 atom stereocenters. The topological polar surface area (TPSA) is 92.9 Å². The summed E-state index contributed by atoms with van der Waals surface area (Å²) in [6.45, 7) is 0.624. The minimum Gasteiger partial charge on any atom is -0.452 e. The number of primary amides is 1. The summed E-state index contributed by atoms with van der Waals surface area (Å²) in [5, 5.41) is 0. The van der Waals surface area contributed by atoms with Crippen LogP contribution in [0.4, 0.5) is 5.69 Å². The lowest BCUT2D eigenvalue weighted by atomic mass is 9.96. The molecule has 1 aromatic rings. The van der Waals surface area contributed by atoms with Gasteiger partial charge in [-0.25, -0.2) is 4.79 Å². The van der Waals surface area contributed by atoms with E-state index in [0.29, 0.717) is 31.5 Å². The third-order valence-electron chi connectivity index (χ3n) is 4.20. The normalized spacial score (nSPS) is 15.0. The molecule has 0 radical (unpaired) electrons. The number of nitrogens with two attached hydrogens (primary N) is 1. The van der Waals surface area contributed by atoms with E-state index < -0.39 is 5.97 Å². The van der Waals surface area contributed by atoms with Gasteiger partial charge in [0.05, 0.1) is 5.56 Å². The lowest BCUT2D eigenvalue weighted by Crippen LogP contribution is -2.43. The Morgan fingerprint density at radius 1 is 1.17 bits per heavy atom. The molecular formula is C17H23N3O4. The van der Waals surface area contributed by atoms with Crippen molar-refractivity contribution in [2.45, 2.75) is 12.8 Å². The molecule has 1 aromatic carbocycles. The zero-order valence-corrected chi connectivity index (χ0v) is 14.0. The summed E-state index contributed by atoms with van der Waals surface area (Å²) in [6.07, 6.45) is 1.11. The summed E-state index contributed by atoms with van der Waals surface area (Å²) < 4.78 is 5.08. The van der Waals surface area contributed by atoms with E-state index in [1.807, 2.05) is 31.1 Å². The van der Waals surface area contributed by atoms with Crippen molar-refractivity contribution in [1.29, 1.82) is 0 Å². The van der Waals surface area contributed by atoms with Gasteiger partial charge >= 0.3 is 5.97 Å². The molecular weight excluding hydrogens is 310 g/mol. The molecule has 1 saturated heterocycles. The Morgan fingerprint density at radius 2 is 1.75 bits per heavy atom. The number of carbonyl (C=O) groups excluding carboxylic acids is 3. The first kappa shape index (κ1) is 17.8. The van der Waals surface area contributed by atoms with Gasteiger partial charge in [0.2, 0.25) is 5.91 Å². The second-order valence-corrected chi connectivity index (χ2v) is 6.07. The molecule has 2 amide bonds. The standard InChI is InChI=1S/C17H23N3O4/c1-19(2)14-5-3-13(4-6-14)17(23)24-11-15(21)20-9-7-12(8-10-20)16(18)22/h3-6,12H,7-11H2,1-2H3,(H2,18,22). The molecule has 2 rings (SSSR count). The van der Waals surface area contributed by atoms with Crippen molar-refractivity contribution < 1.29 is 19.1 Å². The van der Waals surface area contributed by atoms with Gasteiger partial charge in [0, 0.05) is 38.8 Å². The van der Waals surface area contributed by atoms with Crippen molar-refractivity contribution in [1.82, 2.24) is 4.90 Å². The summed E-state index contributed by atoms with van der Waals surface area (Å²) in [5.74, 6) is -1.28. The number of esters is 1. The third kappa shape index (κ3) is 4.47. The highest BCUT2D eigenvalue weighted by atomic mass is 16.5. The second-order valence-electron chi connectivity index (χ2n) is 6.07. The van der Waals surface area contributed by atoms with E-state index in [-0.39, 0.29) is 24.3 Å². The lowest BCUT2D eigenvalue weighted by Gasteiger charge is -2.30. The van der Waals surface area contributed by atoms with Gasteiger partial charge in [-0.3, -0.25) is 9.59 Å². The highest BCUT2D eigenvalue weighted by Gasteiger charge is 2.26. The number of nitrogens with zero attached hydrogens (tertiary/aromatic N) is 2. The van der Waals surface area contributed by atoms with Crippen LogP contribution in [-0.2, 0) is 14.3 Å². The number of likely N-dealkylation sites (tertiary alicyclic amines) is 1. The molecule has 0 spiro atoms. The number of rotatable bonds is 5.